The largest absolute Gasteiger partial charge is 0.306 e. The molecule has 2 aromatic heterocycles. The number of nitro groups is 1. The highest BCUT2D eigenvalue weighted by atomic mass is 32.2. The van der Waals surface area contributed by atoms with Gasteiger partial charge in [-0.05, 0) is 29.7 Å². The molecule has 2 heterocycles. The Morgan fingerprint density at radius 1 is 1.04 bits per heavy atom. The molecule has 0 bridgehead atoms. The molecule has 0 atom stereocenters. The van der Waals surface area contributed by atoms with E-state index >= 15 is 0 Å². The lowest BCUT2D eigenvalue weighted by Crippen LogP contribution is -1.95. The van der Waals surface area contributed by atoms with Gasteiger partial charge < -0.3 is 4.57 Å². The molecule has 0 N–H and O–H groups in total. The molecular weight excluding hydrogens is 336 g/mol. The Hall–Kier alpha value is -3.19. The van der Waals surface area contributed by atoms with Gasteiger partial charge in [-0.2, -0.15) is 0 Å². The van der Waals surface area contributed by atoms with Crippen molar-refractivity contribution in [2.24, 2.45) is 0 Å². The van der Waals surface area contributed by atoms with Gasteiger partial charge in [-0.15, -0.1) is 0 Å². The molecule has 0 saturated carbocycles. The fourth-order valence-electron chi connectivity index (χ4n) is 2.61. The molecule has 0 unspecified atom stereocenters. The summed E-state index contributed by atoms with van der Waals surface area (Å²) in [5.74, 6) is 0. The average Bonchev–Trinajstić information content (AvgIpc) is 3.16. The molecule has 7 heteroatoms. The summed E-state index contributed by atoms with van der Waals surface area (Å²) < 4.78 is 1.82. The Labute approximate surface area is 147 Å². The average molecular weight is 348 g/mol. The van der Waals surface area contributed by atoms with Gasteiger partial charge in [0.25, 0.3) is 5.69 Å². The number of pyridine rings is 1. The lowest BCUT2D eigenvalue weighted by Gasteiger charge is -2.09. The third-order valence-corrected chi connectivity index (χ3v) is 4.93. The fourth-order valence-corrected chi connectivity index (χ4v) is 3.71. The summed E-state index contributed by atoms with van der Waals surface area (Å²) in [5, 5.41) is 13.5. The number of fused-ring (bicyclic) bond motifs is 1. The monoisotopic (exact) mass is 348 g/mol. The maximum absolute atomic E-state index is 11.4. The van der Waals surface area contributed by atoms with Crippen molar-refractivity contribution in [3.8, 4) is 5.69 Å². The van der Waals surface area contributed by atoms with Crippen LogP contribution in [0.15, 0.2) is 83.4 Å². The first kappa shape index (κ1) is 15.3. The molecule has 0 radical (unpaired) electrons. The van der Waals surface area contributed by atoms with Gasteiger partial charge in [-0.3, -0.25) is 15.1 Å². The third kappa shape index (κ3) is 2.97. The number of nitrogens with zero attached hydrogens (tertiary/aromatic N) is 4. The minimum Gasteiger partial charge on any atom is -0.306 e. The summed E-state index contributed by atoms with van der Waals surface area (Å²) >= 11 is 1.38. The number of hydrogen-bond acceptors (Lipinski definition) is 5. The first-order chi connectivity index (χ1) is 12.2. The van der Waals surface area contributed by atoms with Crippen molar-refractivity contribution < 1.29 is 4.92 Å². The molecule has 0 fully saturated rings. The Bertz CT molecular complexity index is 1060. The number of hydrogen-bond donors (Lipinski definition) is 0. The summed E-state index contributed by atoms with van der Waals surface area (Å²) in [6, 6.07) is 12.8. The predicted molar refractivity (Wildman–Crippen MR) is 96.1 cm³/mol. The maximum Gasteiger partial charge on any atom is 0.283 e. The Kier molecular flexibility index (Phi) is 3.91. The lowest BCUT2D eigenvalue weighted by molar-refractivity contribution is -0.387. The third-order valence-electron chi connectivity index (χ3n) is 3.80. The summed E-state index contributed by atoms with van der Waals surface area (Å²) in [4.78, 5) is 20.8. The Morgan fingerprint density at radius 2 is 1.96 bits per heavy atom. The zero-order chi connectivity index (χ0) is 17.2. The van der Waals surface area contributed by atoms with Gasteiger partial charge >= 0.3 is 0 Å². The van der Waals surface area contributed by atoms with Crippen molar-refractivity contribution in [2.45, 2.75) is 9.79 Å². The quantitative estimate of drug-likeness (QED) is 0.401. The molecular formula is C18H12N4O2S. The van der Waals surface area contributed by atoms with Crippen LogP contribution in [-0.2, 0) is 0 Å². The van der Waals surface area contributed by atoms with Crippen LogP contribution in [0.5, 0.6) is 0 Å². The van der Waals surface area contributed by atoms with E-state index in [4.69, 9.17) is 0 Å². The van der Waals surface area contributed by atoms with Gasteiger partial charge in [0, 0.05) is 46.8 Å². The lowest BCUT2D eigenvalue weighted by atomic mass is 10.2. The van der Waals surface area contributed by atoms with E-state index in [2.05, 4.69) is 9.97 Å². The van der Waals surface area contributed by atoms with Crippen LogP contribution in [0, 0.1) is 10.1 Å². The van der Waals surface area contributed by atoms with E-state index < -0.39 is 0 Å². The highest BCUT2D eigenvalue weighted by molar-refractivity contribution is 7.99. The molecule has 4 rings (SSSR count). The van der Waals surface area contributed by atoms with E-state index in [0.29, 0.717) is 4.90 Å². The number of imidazole rings is 1. The molecule has 0 aliphatic rings. The summed E-state index contributed by atoms with van der Waals surface area (Å²) in [7, 11) is 0. The molecule has 25 heavy (non-hydrogen) atoms. The standard InChI is InChI=1S/C18H12N4O2S/c23-22(24)16-5-4-14(21-9-8-20-12-21)10-18(16)25-17-3-1-2-13-11-19-7-6-15(13)17/h1-12H. The van der Waals surface area contributed by atoms with Crippen molar-refractivity contribution in [2.75, 3.05) is 0 Å². The molecule has 6 nitrogen and oxygen atoms in total. The van der Waals surface area contributed by atoms with E-state index in [1.807, 2.05) is 34.9 Å². The van der Waals surface area contributed by atoms with Crippen molar-refractivity contribution in [1.82, 2.24) is 14.5 Å². The van der Waals surface area contributed by atoms with Gasteiger partial charge in [0.1, 0.15) is 0 Å². The second kappa shape index (κ2) is 6.37. The van der Waals surface area contributed by atoms with E-state index in [-0.39, 0.29) is 10.6 Å². The minimum atomic E-state index is -0.354. The molecule has 0 aliphatic heterocycles. The molecule has 0 saturated heterocycles. The molecule has 0 aliphatic carbocycles. The smallest absolute Gasteiger partial charge is 0.283 e. The Balaban J connectivity index is 1.83. The van der Waals surface area contributed by atoms with Gasteiger partial charge in [-0.25, -0.2) is 4.98 Å². The number of nitro benzene ring substituents is 1. The summed E-state index contributed by atoms with van der Waals surface area (Å²) in [6.07, 6.45) is 8.66. The SMILES string of the molecule is O=[N+]([O-])c1ccc(-n2ccnc2)cc1Sc1cccc2cnccc12. The molecule has 2 aromatic carbocycles. The number of benzene rings is 2. The predicted octanol–water partition coefficient (Wildman–Crippen LogP) is 4.48. The molecule has 4 aromatic rings. The van der Waals surface area contributed by atoms with E-state index in [1.165, 1.54) is 17.8 Å². The van der Waals surface area contributed by atoms with Crippen LogP contribution in [0.1, 0.15) is 0 Å². The topological polar surface area (TPSA) is 73.8 Å². The molecule has 122 valence electrons. The van der Waals surface area contributed by atoms with E-state index in [0.717, 1.165) is 21.4 Å². The number of aromatic nitrogens is 3. The van der Waals surface area contributed by atoms with Crippen LogP contribution in [-0.4, -0.2) is 19.5 Å². The van der Waals surface area contributed by atoms with Crippen LogP contribution in [0.25, 0.3) is 16.5 Å². The summed E-state index contributed by atoms with van der Waals surface area (Å²) in [6.45, 7) is 0. The summed E-state index contributed by atoms with van der Waals surface area (Å²) in [5.41, 5.74) is 0.910. The van der Waals surface area contributed by atoms with Gasteiger partial charge in [-0.1, -0.05) is 23.9 Å². The van der Waals surface area contributed by atoms with Crippen LogP contribution < -0.4 is 0 Å². The maximum atomic E-state index is 11.4. The molecule has 0 spiro atoms. The van der Waals surface area contributed by atoms with Crippen molar-refractivity contribution >= 4 is 28.2 Å². The second-order valence-corrected chi connectivity index (χ2v) is 6.42. The highest BCUT2D eigenvalue weighted by Crippen LogP contribution is 2.39. The van der Waals surface area contributed by atoms with Crippen molar-refractivity contribution in [3.63, 3.8) is 0 Å². The van der Waals surface area contributed by atoms with Gasteiger partial charge in [0.2, 0.25) is 0 Å². The van der Waals surface area contributed by atoms with Crippen molar-refractivity contribution in [1.29, 1.82) is 0 Å². The second-order valence-electron chi connectivity index (χ2n) is 5.33. The number of rotatable bonds is 4. The zero-order valence-electron chi connectivity index (χ0n) is 12.9. The first-order valence-electron chi connectivity index (χ1n) is 7.50. The van der Waals surface area contributed by atoms with E-state index in [9.17, 15) is 10.1 Å². The zero-order valence-corrected chi connectivity index (χ0v) is 13.8. The highest BCUT2D eigenvalue weighted by Gasteiger charge is 2.17. The van der Waals surface area contributed by atoms with Crippen LogP contribution in [0.2, 0.25) is 0 Å². The molecule has 0 amide bonds. The van der Waals surface area contributed by atoms with Gasteiger partial charge in [0.15, 0.2) is 0 Å². The van der Waals surface area contributed by atoms with Crippen LogP contribution in [0.3, 0.4) is 0 Å². The van der Waals surface area contributed by atoms with E-state index in [1.54, 1.807) is 37.2 Å². The fraction of sp³-hybridized carbons (Fsp3) is 0. The van der Waals surface area contributed by atoms with Crippen LogP contribution in [0.4, 0.5) is 5.69 Å². The first-order valence-corrected chi connectivity index (χ1v) is 8.31. The van der Waals surface area contributed by atoms with Crippen LogP contribution >= 0.6 is 11.8 Å². The normalized spacial score (nSPS) is 10.9. The Morgan fingerprint density at radius 3 is 2.76 bits per heavy atom. The minimum absolute atomic E-state index is 0.0833. The van der Waals surface area contributed by atoms with Crippen molar-refractivity contribution in [3.05, 3.63) is 83.7 Å². The van der Waals surface area contributed by atoms with Gasteiger partial charge in [0.05, 0.1) is 16.1 Å².